The number of nitro groups is 1. The molecule has 1 aromatic heterocycles. The van der Waals surface area contributed by atoms with Gasteiger partial charge in [-0.15, -0.1) is 0 Å². The Kier molecular flexibility index (Phi) is 4.80. The second kappa shape index (κ2) is 7.00. The highest BCUT2D eigenvalue weighted by atomic mass is 16.6. The maximum atomic E-state index is 11.4. The lowest BCUT2D eigenvalue weighted by Gasteiger charge is -2.25. The highest BCUT2D eigenvalue weighted by Crippen LogP contribution is 2.35. The summed E-state index contributed by atoms with van der Waals surface area (Å²) in [6.45, 7) is 7.37. The summed E-state index contributed by atoms with van der Waals surface area (Å²) in [6.07, 6.45) is 1.73. The standard InChI is InChI=1S/C17H22N4O3/c1-3-9-24-16-6-5-12(10-15(16)21(22)23)17-13-11-20(4-2)8-7-14(13)18-19-17/h5-6,10H,3-4,7-9,11H2,1-2H3,(H,18,19). The first kappa shape index (κ1) is 16.4. The predicted octanol–water partition coefficient (Wildman–Crippen LogP) is 3.15. The lowest BCUT2D eigenvalue weighted by Crippen LogP contribution is -2.30. The number of benzene rings is 1. The minimum atomic E-state index is -0.397. The number of fused-ring (bicyclic) bond motifs is 1. The molecule has 0 saturated carbocycles. The normalized spacial score (nSPS) is 14.4. The highest BCUT2D eigenvalue weighted by molar-refractivity contribution is 5.69. The minimum Gasteiger partial charge on any atom is -0.487 e. The molecule has 0 fully saturated rings. The van der Waals surface area contributed by atoms with Crippen molar-refractivity contribution in [2.24, 2.45) is 0 Å². The topological polar surface area (TPSA) is 84.3 Å². The molecular formula is C17H22N4O3. The molecule has 2 aromatic rings. The lowest BCUT2D eigenvalue weighted by atomic mass is 10.0. The molecule has 3 rings (SSSR count). The fraction of sp³-hybridized carbons (Fsp3) is 0.471. The SMILES string of the molecule is CCCOc1ccc(-c2n[nH]c3c2CN(CC)CC3)cc1[N+](=O)[O-]. The Bertz CT molecular complexity index is 741. The molecular weight excluding hydrogens is 308 g/mol. The van der Waals surface area contributed by atoms with Gasteiger partial charge < -0.3 is 4.74 Å². The van der Waals surface area contributed by atoms with Crippen LogP contribution in [-0.2, 0) is 13.0 Å². The van der Waals surface area contributed by atoms with Gasteiger partial charge in [0, 0.05) is 42.4 Å². The number of nitrogens with one attached hydrogen (secondary N) is 1. The number of rotatable bonds is 6. The van der Waals surface area contributed by atoms with E-state index in [9.17, 15) is 10.1 Å². The van der Waals surface area contributed by atoms with Crippen LogP contribution in [0.3, 0.4) is 0 Å². The number of aromatic amines is 1. The van der Waals surface area contributed by atoms with Crippen LogP contribution in [0.25, 0.3) is 11.3 Å². The van der Waals surface area contributed by atoms with E-state index in [1.54, 1.807) is 12.1 Å². The van der Waals surface area contributed by atoms with E-state index in [0.717, 1.165) is 55.0 Å². The van der Waals surface area contributed by atoms with Crippen LogP contribution in [0.2, 0.25) is 0 Å². The van der Waals surface area contributed by atoms with Crippen LogP contribution in [0, 0.1) is 10.1 Å². The molecule has 128 valence electrons. The van der Waals surface area contributed by atoms with Crippen LogP contribution < -0.4 is 4.74 Å². The number of nitro benzene ring substituents is 1. The molecule has 0 unspecified atom stereocenters. The van der Waals surface area contributed by atoms with Crippen LogP contribution in [0.5, 0.6) is 5.75 Å². The molecule has 1 N–H and O–H groups in total. The average molecular weight is 330 g/mol. The summed E-state index contributed by atoms with van der Waals surface area (Å²) in [6, 6.07) is 5.08. The van der Waals surface area contributed by atoms with Gasteiger partial charge >= 0.3 is 5.69 Å². The van der Waals surface area contributed by atoms with Gasteiger partial charge in [0.2, 0.25) is 0 Å². The molecule has 1 aromatic carbocycles. The zero-order valence-electron chi connectivity index (χ0n) is 14.0. The van der Waals surface area contributed by atoms with Crippen molar-refractivity contribution in [3.8, 4) is 17.0 Å². The van der Waals surface area contributed by atoms with E-state index in [1.165, 1.54) is 0 Å². The zero-order valence-corrected chi connectivity index (χ0v) is 14.0. The third-order valence-electron chi connectivity index (χ3n) is 4.35. The first-order valence-electron chi connectivity index (χ1n) is 8.34. The number of H-pyrrole nitrogens is 1. The molecule has 0 saturated heterocycles. The van der Waals surface area contributed by atoms with Crippen molar-refractivity contribution in [2.45, 2.75) is 33.2 Å². The molecule has 0 aliphatic carbocycles. The van der Waals surface area contributed by atoms with Gasteiger partial charge in [0.15, 0.2) is 5.75 Å². The van der Waals surface area contributed by atoms with Crippen molar-refractivity contribution in [2.75, 3.05) is 19.7 Å². The summed E-state index contributed by atoms with van der Waals surface area (Å²) in [7, 11) is 0. The number of nitrogens with zero attached hydrogens (tertiary/aromatic N) is 3. The summed E-state index contributed by atoms with van der Waals surface area (Å²) in [5, 5.41) is 18.9. The lowest BCUT2D eigenvalue weighted by molar-refractivity contribution is -0.385. The molecule has 0 amide bonds. The maximum Gasteiger partial charge on any atom is 0.311 e. The molecule has 7 nitrogen and oxygen atoms in total. The zero-order chi connectivity index (χ0) is 17.1. The number of hydrogen-bond acceptors (Lipinski definition) is 5. The Hall–Kier alpha value is -2.41. The average Bonchev–Trinajstić information content (AvgIpc) is 3.02. The molecule has 0 spiro atoms. The molecule has 0 radical (unpaired) electrons. The van der Waals surface area contributed by atoms with Crippen LogP contribution >= 0.6 is 0 Å². The van der Waals surface area contributed by atoms with Gasteiger partial charge in [0.05, 0.1) is 17.2 Å². The van der Waals surface area contributed by atoms with Gasteiger partial charge in [-0.05, 0) is 25.1 Å². The van der Waals surface area contributed by atoms with E-state index in [0.29, 0.717) is 12.4 Å². The van der Waals surface area contributed by atoms with Crippen LogP contribution in [0.4, 0.5) is 5.69 Å². The van der Waals surface area contributed by atoms with Crippen LogP contribution in [0.1, 0.15) is 31.5 Å². The molecule has 24 heavy (non-hydrogen) atoms. The Labute approximate surface area is 140 Å². The number of aromatic nitrogens is 2. The summed E-state index contributed by atoms with van der Waals surface area (Å²) in [5.41, 5.74) is 3.80. The van der Waals surface area contributed by atoms with E-state index in [4.69, 9.17) is 4.74 Å². The van der Waals surface area contributed by atoms with Gasteiger partial charge in [0.1, 0.15) is 0 Å². The van der Waals surface area contributed by atoms with E-state index >= 15 is 0 Å². The summed E-state index contributed by atoms with van der Waals surface area (Å²) >= 11 is 0. The number of hydrogen-bond donors (Lipinski definition) is 1. The van der Waals surface area contributed by atoms with Crippen LogP contribution in [0.15, 0.2) is 18.2 Å². The van der Waals surface area contributed by atoms with Gasteiger partial charge in [-0.25, -0.2) is 0 Å². The van der Waals surface area contributed by atoms with Crippen molar-refractivity contribution in [3.63, 3.8) is 0 Å². The fourth-order valence-corrected chi connectivity index (χ4v) is 3.00. The van der Waals surface area contributed by atoms with Crippen molar-refractivity contribution in [3.05, 3.63) is 39.6 Å². The third kappa shape index (κ3) is 3.12. The molecule has 2 heterocycles. The Morgan fingerprint density at radius 3 is 2.96 bits per heavy atom. The Morgan fingerprint density at radius 2 is 2.25 bits per heavy atom. The quantitative estimate of drug-likeness (QED) is 0.649. The van der Waals surface area contributed by atoms with E-state index in [2.05, 4.69) is 22.0 Å². The van der Waals surface area contributed by atoms with E-state index in [-0.39, 0.29) is 5.69 Å². The Balaban J connectivity index is 1.97. The molecule has 1 aliphatic rings. The largest absolute Gasteiger partial charge is 0.487 e. The Morgan fingerprint density at radius 1 is 1.42 bits per heavy atom. The van der Waals surface area contributed by atoms with Gasteiger partial charge in [0.25, 0.3) is 0 Å². The molecule has 0 bridgehead atoms. The third-order valence-corrected chi connectivity index (χ3v) is 4.35. The molecule has 1 aliphatic heterocycles. The maximum absolute atomic E-state index is 11.4. The van der Waals surface area contributed by atoms with E-state index in [1.807, 2.05) is 13.0 Å². The minimum absolute atomic E-state index is 0.0131. The van der Waals surface area contributed by atoms with Crippen molar-refractivity contribution < 1.29 is 9.66 Å². The first-order chi connectivity index (χ1) is 11.6. The summed E-state index contributed by atoms with van der Waals surface area (Å²) in [5.74, 6) is 0.310. The smallest absolute Gasteiger partial charge is 0.311 e. The predicted molar refractivity (Wildman–Crippen MR) is 91.1 cm³/mol. The molecule has 0 atom stereocenters. The van der Waals surface area contributed by atoms with Gasteiger partial charge in [-0.1, -0.05) is 13.8 Å². The highest BCUT2D eigenvalue weighted by Gasteiger charge is 2.24. The summed E-state index contributed by atoms with van der Waals surface area (Å²) < 4.78 is 5.49. The van der Waals surface area contributed by atoms with Gasteiger partial charge in [-0.3, -0.25) is 20.1 Å². The van der Waals surface area contributed by atoms with Crippen molar-refractivity contribution in [1.29, 1.82) is 0 Å². The van der Waals surface area contributed by atoms with E-state index < -0.39 is 4.92 Å². The second-order valence-corrected chi connectivity index (χ2v) is 5.94. The fourth-order valence-electron chi connectivity index (χ4n) is 3.00. The number of ether oxygens (including phenoxy) is 1. The molecule has 7 heteroatoms. The monoisotopic (exact) mass is 330 g/mol. The van der Waals surface area contributed by atoms with Crippen LogP contribution in [-0.4, -0.2) is 39.7 Å². The number of likely N-dealkylation sites (N-methyl/N-ethyl adjacent to an activating group) is 1. The summed E-state index contributed by atoms with van der Waals surface area (Å²) in [4.78, 5) is 13.3. The van der Waals surface area contributed by atoms with Crippen molar-refractivity contribution >= 4 is 5.69 Å². The second-order valence-electron chi connectivity index (χ2n) is 5.94. The first-order valence-corrected chi connectivity index (χ1v) is 8.34. The van der Waals surface area contributed by atoms with Gasteiger partial charge in [-0.2, -0.15) is 5.10 Å². The van der Waals surface area contributed by atoms with Crippen molar-refractivity contribution in [1.82, 2.24) is 15.1 Å².